The molecule has 1 aliphatic heterocycles. The first-order valence-electron chi connectivity index (χ1n) is 8.53. The molecular formula is C19H23N3O3. The van der Waals surface area contributed by atoms with Gasteiger partial charge in [-0.25, -0.2) is 0 Å². The van der Waals surface area contributed by atoms with E-state index in [1.165, 1.54) is 0 Å². The number of aromatic hydroxyl groups is 1. The van der Waals surface area contributed by atoms with Gasteiger partial charge in [0.25, 0.3) is 0 Å². The normalized spacial score (nSPS) is 17.6. The van der Waals surface area contributed by atoms with Crippen LogP contribution in [0, 0.1) is 13.8 Å². The number of phenols is 1. The van der Waals surface area contributed by atoms with Crippen molar-refractivity contribution >= 4 is 11.6 Å². The lowest BCUT2D eigenvalue weighted by molar-refractivity contribution is -0.130. The first-order valence-corrected chi connectivity index (χ1v) is 8.53. The van der Waals surface area contributed by atoms with Crippen molar-refractivity contribution in [1.82, 2.24) is 10.2 Å². The van der Waals surface area contributed by atoms with E-state index in [0.717, 1.165) is 11.1 Å². The maximum Gasteiger partial charge on any atom is 0.163 e. The van der Waals surface area contributed by atoms with Crippen LogP contribution in [0.25, 0.3) is 11.3 Å². The van der Waals surface area contributed by atoms with Crippen molar-refractivity contribution in [2.75, 3.05) is 24.6 Å². The summed E-state index contributed by atoms with van der Waals surface area (Å²) in [5.41, 5.74) is 3.29. The van der Waals surface area contributed by atoms with E-state index in [2.05, 4.69) is 10.2 Å². The number of ketones is 1. The summed E-state index contributed by atoms with van der Waals surface area (Å²) >= 11 is 0. The van der Waals surface area contributed by atoms with Crippen molar-refractivity contribution in [3.63, 3.8) is 0 Å². The Kier molecular flexibility index (Phi) is 4.99. The first kappa shape index (κ1) is 17.4. The third kappa shape index (κ3) is 3.64. The molecule has 1 aromatic carbocycles. The van der Waals surface area contributed by atoms with Gasteiger partial charge < -0.3 is 14.7 Å². The van der Waals surface area contributed by atoms with Crippen molar-refractivity contribution in [3.05, 3.63) is 35.4 Å². The molecule has 1 aliphatic rings. The molecule has 1 aromatic heterocycles. The van der Waals surface area contributed by atoms with Crippen LogP contribution in [0.3, 0.4) is 0 Å². The fraction of sp³-hybridized carbons (Fsp3) is 0.421. The SMILES string of the molecule is CCC(=O)[C@@H]1CN(c2ccc(-c3c(C)cc(C)cc3O)nn2)CCO1. The van der Waals surface area contributed by atoms with Gasteiger partial charge in [0.1, 0.15) is 11.9 Å². The fourth-order valence-corrected chi connectivity index (χ4v) is 3.19. The van der Waals surface area contributed by atoms with Gasteiger partial charge in [0.15, 0.2) is 11.6 Å². The molecule has 6 nitrogen and oxygen atoms in total. The summed E-state index contributed by atoms with van der Waals surface area (Å²) < 4.78 is 5.55. The van der Waals surface area contributed by atoms with Crippen LogP contribution >= 0.6 is 0 Å². The van der Waals surface area contributed by atoms with Gasteiger partial charge in [-0.3, -0.25) is 4.79 Å². The molecule has 1 fully saturated rings. The van der Waals surface area contributed by atoms with Gasteiger partial charge in [-0.15, -0.1) is 10.2 Å². The van der Waals surface area contributed by atoms with Gasteiger partial charge in [0, 0.05) is 18.5 Å². The summed E-state index contributed by atoms with van der Waals surface area (Å²) in [7, 11) is 0. The number of hydrogen-bond donors (Lipinski definition) is 1. The second kappa shape index (κ2) is 7.19. The zero-order valence-corrected chi connectivity index (χ0v) is 14.8. The zero-order valence-electron chi connectivity index (χ0n) is 14.8. The maximum atomic E-state index is 11.9. The minimum absolute atomic E-state index is 0.106. The average Bonchev–Trinajstić information content (AvgIpc) is 2.61. The van der Waals surface area contributed by atoms with Crippen LogP contribution in [0.15, 0.2) is 24.3 Å². The lowest BCUT2D eigenvalue weighted by Crippen LogP contribution is -2.46. The number of carbonyl (C=O) groups is 1. The lowest BCUT2D eigenvalue weighted by atomic mass is 10.0. The van der Waals surface area contributed by atoms with Crippen LogP contribution in [0.5, 0.6) is 5.75 Å². The molecule has 0 bridgehead atoms. The number of hydrogen-bond acceptors (Lipinski definition) is 6. The molecule has 6 heteroatoms. The van der Waals surface area contributed by atoms with Gasteiger partial charge in [0.05, 0.1) is 18.8 Å². The van der Waals surface area contributed by atoms with Crippen LogP contribution in [0.2, 0.25) is 0 Å². The smallest absolute Gasteiger partial charge is 0.163 e. The Morgan fingerprint density at radius 2 is 2.12 bits per heavy atom. The largest absolute Gasteiger partial charge is 0.507 e. The molecule has 132 valence electrons. The third-order valence-corrected chi connectivity index (χ3v) is 4.46. The number of aromatic nitrogens is 2. The Balaban J connectivity index is 1.82. The van der Waals surface area contributed by atoms with Crippen LogP contribution in [-0.2, 0) is 9.53 Å². The minimum Gasteiger partial charge on any atom is -0.507 e. The molecule has 25 heavy (non-hydrogen) atoms. The standard InChI is InChI=1S/C19H23N3O3/c1-4-15(23)17-11-22(7-8-25-17)18-6-5-14(20-21-18)19-13(3)9-12(2)10-16(19)24/h5-6,9-10,17,24H,4,7-8,11H2,1-3H3/t17-/m0/s1. The first-order chi connectivity index (χ1) is 12.0. The highest BCUT2D eigenvalue weighted by Crippen LogP contribution is 2.32. The monoisotopic (exact) mass is 341 g/mol. The third-order valence-electron chi connectivity index (χ3n) is 4.46. The van der Waals surface area contributed by atoms with Gasteiger partial charge in [-0.2, -0.15) is 0 Å². The molecule has 0 amide bonds. The van der Waals surface area contributed by atoms with Crippen molar-refractivity contribution in [3.8, 4) is 17.0 Å². The highest BCUT2D eigenvalue weighted by Gasteiger charge is 2.26. The van der Waals surface area contributed by atoms with Crippen LogP contribution in [-0.4, -0.2) is 46.9 Å². The highest BCUT2D eigenvalue weighted by molar-refractivity contribution is 5.83. The molecular weight excluding hydrogens is 318 g/mol. The number of rotatable bonds is 4. The number of aryl methyl sites for hydroxylation is 2. The fourth-order valence-electron chi connectivity index (χ4n) is 3.19. The van der Waals surface area contributed by atoms with Crippen molar-refractivity contribution in [2.45, 2.75) is 33.3 Å². The molecule has 1 N–H and O–H groups in total. The lowest BCUT2D eigenvalue weighted by Gasteiger charge is -2.32. The molecule has 2 heterocycles. The second-order valence-electron chi connectivity index (χ2n) is 6.38. The summed E-state index contributed by atoms with van der Waals surface area (Å²) in [5, 5.41) is 18.8. The van der Waals surface area contributed by atoms with E-state index in [1.54, 1.807) is 6.07 Å². The molecule has 0 aliphatic carbocycles. The predicted molar refractivity (Wildman–Crippen MR) is 95.9 cm³/mol. The molecule has 0 radical (unpaired) electrons. The molecule has 1 atom stereocenters. The Bertz CT molecular complexity index is 751. The van der Waals surface area contributed by atoms with E-state index in [4.69, 9.17) is 4.74 Å². The number of benzene rings is 1. The second-order valence-corrected chi connectivity index (χ2v) is 6.38. The highest BCUT2D eigenvalue weighted by atomic mass is 16.5. The van der Waals surface area contributed by atoms with Crippen LogP contribution < -0.4 is 4.90 Å². The Morgan fingerprint density at radius 1 is 1.32 bits per heavy atom. The van der Waals surface area contributed by atoms with Gasteiger partial charge in [-0.1, -0.05) is 13.0 Å². The summed E-state index contributed by atoms with van der Waals surface area (Å²) in [6.45, 7) is 7.40. The van der Waals surface area contributed by atoms with E-state index < -0.39 is 6.10 Å². The number of morpholine rings is 1. The van der Waals surface area contributed by atoms with Crippen LogP contribution in [0.1, 0.15) is 24.5 Å². The number of carbonyl (C=O) groups excluding carboxylic acids is 1. The van der Waals surface area contributed by atoms with Crippen LogP contribution in [0.4, 0.5) is 5.82 Å². The van der Waals surface area contributed by atoms with E-state index in [1.807, 2.05) is 43.9 Å². The molecule has 0 saturated carbocycles. The van der Waals surface area contributed by atoms with E-state index in [9.17, 15) is 9.90 Å². The van der Waals surface area contributed by atoms with E-state index in [0.29, 0.717) is 43.2 Å². The summed E-state index contributed by atoms with van der Waals surface area (Å²) in [5.74, 6) is 1.03. The van der Waals surface area contributed by atoms with Crippen molar-refractivity contribution in [1.29, 1.82) is 0 Å². The van der Waals surface area contributed by atoms with E-state index in [-0.39, 0.29) is 11.5 Å². The summed E-state index contributed by atoms with van der Waals surface area (Å²) in [4.78, 5) is 13.9. The summed E-state index contributed by atoms with van der Waals surface area (Å²) in [6.07, 6.45) is 0.0679. The predicted octanol–water partition coefficient (Wildman–Crippen LogP) is 2.65. The average molecular weight is 341 g/mol. The molecule has 0 spiro atoms. The Morgan fingerprint density at radius 3 is 2.76 bits per heavy atom. The zero-order chi connectivity index (χ0) is 18.0. The van der Waals surface area contributed by atoms with E-state index >= 15 is 0 Å². The van der Waals surface area contributed by atoms with Crippen molar-refractivity contribution in [2.24, 2.45) is 0 Å². The maximum absolute atomic E-state index is 11.9. The Labute approximate surface area is 147 Å². The number of nitrogens with zero attached hydrogens (tertiary/aromatic N) is 3. The molecule has 2 aromatic rings. The van der Waals surface area contributed by atoms with Gasteiger partial charge >= 0.3 is 0 Å². The quantitative estimate of drug-likeness (QED) is 0.921. The number of Topliss-reactive ketones (excluding diaryl/α,β-unsaturated/α-hetero) is 1. The van der Waals surface area contributed by atoms with Gasteiger partial charge in [0.2, 0.25) is 0 Å². The van der Waals surface area contributed by atoms with Crippen molar-refractivity contribution < 1.29 is 14.6 Å². The number of phenolic OH excluding ortho intramolecular Hbond substituents is 1. The Hall–Kier alpha value is -2.47. The summed E-state index contributed by atoms with van der Waals surface area (Å²) in [6, 6.07) is 7.46. The topological polar surface area (TPSA) is 75.6 Å². The number of ether oxygens (including phenoxy) is 1. The molecule has 3 rings (SSSR count). The van der Waals surface area contributed by atoms with Gasteiger partial charge in [-0.05, 0) is 43.2 Å². The number of anilines is 1. The molecule has 1 saturated heterocycles. The minimum atomic E-state index is -0.399. The molecule has 0 unspecified atom stereocenters.